The lowest BCUT2D eigenvalue weighted by Crippen LogP contribution is -2.14. The van der Waals surface area contributed by atoms with E-state index in [-0.39, 0.29) is 5.97 Å². The summed E-state index contributed by atoms with van der Waals surface area (Å²) in [7, 11) is 0. The Morgan fingerprint density at radius 3 is 2.62 bits per heavy atom. The molecule has 1 unspecified atom stereocenters. The van der Waals surface area contributed by atoms with Gasteiger partial charge in [-0.25, -0.2) is 0 Å². The summed E-state index contributed by atoms with van der Waals surface area (Å²) in [6.45, 7) is 11.0. The molecule has 0 bridgehead atoms. The van der Waals surface area contributed by atoms with Gasteiger partial charge in [0.2, 0.25) is 0 Å². The van der Waals surface area contributed by atoms with Crippen LogP contribution in [0.5, 0.6) is 0 Å². The highest BCUT2D eigenvalue weighted by Crippen LogP contribution is 2.32. The molecule has 0 aliphatic carbocycles. The van der Waals surface area contributed by atoms with Crippen molar-refractivity contribution in [2.24, 2.45) is 5.92 Å². The molecule has 29 heavy (non-hydrogen) atoms. The Bertz CT molecular complexity index is 765. The van der Waals surface area contributed by atoms with Crippen LogP contribution in [0.2, 0.25) is 0 Å². The number of nitrogens with zero attached hydrogens (tertiary/aromatic N) is 1. The van der Waals surface area contributed by atoms with Crippen LogP contribution < -0.4 is 0 Å². The first kappa shape index (κ1) is 23.5. The van der Waals surface area contributed by atoms with E-state index in [9.17, 15) is 4.79 Å². The van der Waals surface area contributed by atoms with Crippen LogP contribution in [0.25, 0.3) is 11.1 Å². The molecule has 1 aromatic heterocycles. The van der Waals surface area contributed by atoms with E-state index in [1.54, 1.807) is 11.8 Å². The van der Waals surface area contributed by atoms with Gasteiger partial charge in [-0.15, -0.1) is 11.8 Å². The number of ether oxygens (including phenoxy) is 1. The quantitative estimate of drug-likeness (QED) is 0.282. The van der Waals surface area contributed by atoms with Gasteiger partial charge in [0.25, 0.3) is 0 Å². The highest BCUT2D eigenvalue weighted by molar-refractivity contribution is 7.99. The summed E-state index contributed by atoms with van der Waals surface area (Å²) >= 11 is 1.70. The molecule has 0 saturated carbocycles. The molecule has 0 saturated heterocycles. The molecule has 0 spiro atoms. The number of aryl methyl sites for hydroxylation is 3. The van der Waals surface area contributed by atoms with Gasteiger partial charge < -0.3 is 9.26 Å². The van der Waals surface area contributed by atoms with Crippen molar-refractivity contribution >= 4 is 17.7 Å². The lowest BCUT2D eigenvalue weighted by molar-refractivity contribution is -0.144. The van der Waals surface area contributed by atoms with Crippen LogP contribution >= 0.6 is 11.8 Å². The van der Waals surface area contributed by atoms with Crippen LogP contribution in [0.3, 0.4) is 0 Å². The first-order chi connectivity index (χ1) is 14.0. The fourth-order valence-corrected chi connectivity index (χ4v) is 4.37. The third-order valence-electron chi connectivity index (χ3n) is 5.29. The number of carbonyl (C=O) groups is 1. The predicted octanol–water partition coefficient (Wildman–Crippen LogP) is 6.76. The van der Waals surface area contributed by atoms with Crippen LogP contribution in [0.4, 0.5) is 0 Å². The van der Waals surface area contributed by atoms with Crippen LogP contribution in [0.15, 0.2) is 27.6 Å². The fraction of sp³-hybridized carbons (Fsp3) is 0.583. The van der Waals surface area contributed by atoms with Gasteiger partial charge in [0.1, 0.15) is 5.76 Å². The fourth-order valence-electron chi connectivity index (χ4n) is 3.42. The SMILES string of the molecule is CCCCC(CC)COC(=O)CCSc1cc(CC)cc(-c2c(C)noc2C)c1. The third-order valence-corrected chi connectivity index (χ3v) is 6.27. The van der Waals surface area contributed by atoms with Gasteiger partial charge in [0.15, 0.2) is 0 Å². The second-order valence-electron chi connectivity index (χ2n) is 7.62. The number of rotatable bonds is 12. The number of benzene rings is 1. The van der Waals surface area contributed by atoms with Crippen molar-refractivity contribution in [1.29, 1.82) is 0 Å². The zero-order valence-corrected chi connectivity index (χ0v) is 19.4. The first-order valence-electron chi connectivity index (χ1n) is 10.8. The molecule has 0 aliphatic rings. The number of unbranched alkanes of at least 4 members (excludes halogenated alkanes) is 1. The highest BCUT2D eigenvalue weighted by atomic mass is 32.2. The summed E-state index contributed by atoms with van der Waals surface area (Å²) in [6.07, 6.45) is 6.00. The van der Waals surface area contributed by atoms with Crippen molar-refractivity contribution in [2.75, 3.05) is 12.4 Å². The number of carbonyl (C=O) groups excluding carboxylic acids is 1. The number of aromatic nitrogens is 1. The van der Waals surface area contributed by atoms with E-state index in [4.69, 9.17) is 9.26 Å². The van der Waals surface area contributed by atoms with Crippen molar-refractivity contribution in [3.63, 3.8) is 0 Å². The summed E-state index contributed by atoms with van der Waals surface area (Å²) < 4.78 is 10.9. The monoisotopic (exact) mass is 417 g/mol. The topological polar surface area (TPSA) is 52.3 Å². The highest BCUT2D eigenvalue weighted by Gasteiger charge is 2.14. The van der Waals surface area contributed by atoms with Crippen LogP contribution in [-0.2, 0) is 16.0 Å². The molecule has 0 fully saturated rings. The number of esters is 1. The van der Waals surface area contributed by atoms with Gasteiger partial charge in [-0.2, -0.15) is 0 Å². The van der Waals surface area contributed by atoms with E-state index in [1.807, 2.05) is 13.8 Å². The Kier molecular flexibility index (Phi) is 9.79. The van der Waals surface area contributed by atoms with Gasteiger partial charge in [0, 0.05) is 16.2 Å². The Hall–Kier alpha value is -1.75. The van der Waals surface area contributed by atoms with E-state index in [2.05, 4.69) is 44.1 Å². The summed E-state index contributed by atoms with van der Waals surface area (Å²) in [6, 6.07) is 6.57. The number of thioether (sulfide) groups is 1. The summed E-state index contributed by atoms with van der Waals surface area (Å²) in [5.74, 6) is 1.96. The van der Waals surface area contributed by atoms with Gasteiger partial charge in [0.05, 0.1) is 18.7 Å². The second kappa shape index (κ2) is 12.1. The number of hydrogen-bond acceptors (Lipinski definition) is 5. The number of hydrogen-bond donors (Lipinski definition) is 0. The molecule has 2 rings (SSSR count). The molecule has 4 nitrogen and oxygen atoms in total. The summed E-state index contributed by atoms with van der Waals surface area (Å²) in [5.41, 5.74) is 4.38. The summed E-state index contributed by atoms with van der Waals surface area (Å²) in [4.78, 5) is 13.3. The van der Waals surface area contributed by atoms with Gasteiger partial charge in [-0.1, -0.05) is 51.3 Å². The van der Waals surface area contributed by atoms with E-state index >= 15 is 0 Å². The third kappa shape index (κ3) is 7.22. The lowest BCUT2D eigenvalue weighted by Gasteiger charge is -2.14. The molecule has 0 amide bonds. The van der Waals surface area contributed by atoms with Crippen molar-refractivity contribution in [2.45, 2.75) is 78.0 Å². The maximum atomic E-state index is 12.1. The van der Waals surface area contributed by atoms with Crippen molar-refractivity contribution in [3.05, 3.63) is 35.2 Å². The molecule has 5 heteroatoms. The van der Waals surface area contributed by atoms with Crippen molar-refractivity contribution in [3.8, 4) is 11.1 Å². The molecule has 0 N–H and O–H groups in total. The minimum absolute atomic E-state index is 0.0926. The van der Waals surface area contributed by atoms with Gasteiger partial charge in [-0.3, -0.25) is 4.79 Å². The van der Waals surface area contributed by atoms with Gasteiger partial charge >= 0.3 is 5.97 Å². The molecule has 2 aromatic rings. The van der Waals surface area contributed by atoms with E-state index < -0.39 is 0 Å². The molecular weight excluding hydrogens is 382 g/mol. The van der Waals surface area contributed by atoms with E-state index in [0.29, 0.717) is 18.9 Å². The average Bonchev–Trinajstić information content (AvgIpc) is 3.06. The van der Waals surface area contributed by atoms with Crippen LogP contribution in [0, 0.1) is 19.8 Å². The Balaban J connectivity index is 1.92. The van der Waals surface area contributed by atoms with Crippen molar-refractivity contribution < 1.29 is 14.1 Å². The Labute approximate surface area is 179 Å². The molecule has 1 atom stereocenters. The smallest absolute Gasteiger partial charge is 0.306 e. The first-order valence-corrected chi connectivity index (χ1v) is 11.8. The van der Waals surface area contributed by atoms with Crippen LogP contribution in [0.1, 0.15) is 69.9 Å². The standard InChI is InChI=1S/C24H35NO3S/c1-6-9-10-19(7-2)16-27-23(26)11-12-29-22-14-20(8-3)13-21(15-22)24-17(4)25-28-18(24)5/h13-15,19H,6-12,16H2,1-5H3. The predicted molar refractivity (Wildman–Crippen MR) is 120 cm³/mol. The zero-order valence-electron chi connectivity index (χ0n) is 18.5. The maximum absolute atomic E-state index is 12.1. The molecular formula is C24H35NO3S. The molecule has 0 radical (unpaired) electrons. The van der Waals surface area contributed by atoms with E-state index in [1.165, 1.54) is 23.3 Å². The largest absolute Gasteiger partial charge is 0.465 e. The molecule has 160 valence electrons. The average molecular weight is 418 g/mol. The molecule has 0 aliphatic heterocycles. The summed E-state index contributed by atoms with van der Waals surface area (Å²) in [5, 5.41) is 4.08. The Morgan fingerprint density at radius 2 is 2.00 bits per heavy atom. The normalized spacial score (nSPS) is 12.2. The van der Waals surface area contributed by atoms with Crippen LogP contribution in [-0.4, -0.2) is 23.5 Å². The zero-order chi connectivity index (χ0) is 21.2. The molecule has 1 aromatic carbocycles. The Morgan fingerprint density at radius 1 is 1.21 bits per heavy atom. The van der Waals surface area contributed by atoms with E-state index in [0.717, 1.165) is 47.6 Å². The van der Waals surface area contributed by atoms with Gasteiger partial charge in [-0.05, 0) is 55.9 Å². The maximum Gasteiger partial charge on any atom is 0.306 e. The second-order valence-corrected chi connectivity index (χ2v) is 8.78. The lowest BCUT2D eigenvalue weighted by atomic mass is 10.0. The minimum Gasteiger partial charge on any atom is -0.465 e. The minimum atomic E-state index is -0.0926. The van der Waals surface area contributed by atoms with Crippen molar-refractivity contribution in [1.82, 2.24) is 5.16 Å². The molecule has 1 heterocycles.